The molecule has 1 heterocycles. The highest BCUT2D eigenvalue weighted by Gasteiger charge is 2.29. The Bertz CT molecular complexity index is 434. The Balaban J connectivity index is 2.20. The number of halogens is 1. The molecule has 0 radical (unpaired) electrons. The lowest BCUT2D eigenvalue weighted by Gasteiger charge is -2.41. The van der Waals surface area contributed by atoms with Gasteiger partial charge in [-0.05, 0) is 48.9 Å². The van der Waals surface area contributed by atoms with E-state index in [2.05, 4.69) is 18.7 Å². The lowest BCUT2D eigenvalue weighted by Crippen LogP contribution is -2.39. The zero-order valence-electron chi connectivity index (χ0n) is 12.2. The SMILES string of the molecule is CCC1(C)CCN(c2ccc(F)cc2C(C)N)CC1. The average Bonchev–Trinajstić information content (AvgIpc) is 2.40. The Hall–Kier alpha value is -1.09. The van der Waals surface area contributed by atoms with Crippen LogP contribution in [0.3, 0.4) is 0 Å². The molecule has 2 nitrogen and oxygen atoms in total. The van der Waals surface area contributed by atoms with Crippen LogP contribution in [0.5, 0.6) is 0 Å². The topological polar surface area (TPSA) is 29.3 Å². The minimum Gasteiger partial charge on any atom is -0.371 e. The summed E-state index contributed by atoms with van der Waals surface area (Å²) >= 11 is 0. The molecule has 1 fully saturated rings. The van der Waals surface area contributed by atoms with Crippen LogP contribution in [0.25, 0.3) is 0 Å². The molecule has 1 saturated heterocycles. The van der Waals surface area contributed by atoms with Crippen molar-refractivity contribution in [2.75, 3.05) is 18.0 Å². The van der Waals surface area contributed by atoms with E-state index in [1.807, 2.05) is 13.0 Å². The van der Waals surface area contributed by atoms with Crippen LogP contribution in [-0.2, 0) is 0 Å². The van der Waals surface area contributed by atoms with Crippen molar-refractivity contribution in [3.63, 3.8) is 0 Å². The fourth-order valence-corrected chi connectivity index (χ4v) is 2.82. The van der Waals surface area contributed by atoms with Gasteiger partial charge in [0.2, 0.25) is 0 Å². The van der Waals surface area contributed by atoms with E-state index in [1.165, 1.54) is 25.3 Å². The van der Waals surface area contributed by atoms with Gasteiger partial charge in [-0.3, -0.25) is 0 Å². The van der Waals surface area contributed by atoms with Crippen molar-refractivity contribution >= 4 is 5.69 Å². The monoisotopic (exact) mass is 264 g/mol. The third kappa shape index (κ3) is 3.08. The van der Waals surface area contributed by atoms with Gasteiger partial charge in [0, 0.05) is 24.8 Å². The van der Waals surface area contributed by atoms with E-state index >= 15 is 0 Å². The number of nitrogens with zero attached hydrogens (tertiary/aromatic N) is 1. The molecule has 0 aliphatic carbocycles. The highest BCUT2D eigenvalue weighted by molar-refractivity contribution is 5.55. The van der Waals surface area contributed by atoms with Gasteiger partial charge in [0.25, 0.3) is 0 Å². The number of anilines is 1. The molecule has 106 valence electrons. The summed E-state index contributed by atoms with van der Waals surface area (Å²) < 4.78 is 13.4. The summed E-state index contributed by atoms with van der Waals surface area (Å²) in [5.74, 6) is -0.202. The maximum Gasteiger partial charge on any atom is 0.123 e. The van der Waals surface area contributed by atoms with E-state index in [-0.39, 0.29) is 11.9 Å². The van der Waals surface area contributed by atoms with Gasteiger partial charge in [0.1, 0.15) is 5.82 Å². The summed E-state index contributed by atoms with van der Waals surface area (Å²) in [6.07, 6.45) is 3.61. The summed E-state index contributed by atoms with van der Waals surface area (Å²) in [4.78, 5) is 2.36. The fourth-order valence-electron chi connectivity index (χ4n) is 2.82. The highest BCUT2D eigenvalue weighted by Crippen LogP contribution is 2.37. The van der Waals surface area contributed by atoms with Gasteiger partial charge in [0.15, 0.2) is 0 Å². The van der Waals surface area contributed by atoms with Crippen molar-refractivity contribution in [3.05, 3.63) is 29.6 Å². The van der Waals surface area contributed by atoms with Crippen molar-refractivity contribution in [2.45, 2.75) is 46.1 Å². The van der Waals surface area contributed by atoms with Crippen LogP contribution in [-0.4, -0.2) is 13.1 Å². The Kier molecular flexibility index (Phi) is 4.14. The number of piperidine rings is 1. The Morgan fingerprint density at radius 1 is 1.37 bits per heavy atom. The van der Waals surface area contributed by atoms with Gasteiger partial charge < -0.3 is 10.6 Å². The zero-order chi connectivity index (χ0) is 14.0. The molecule has 3 heteroatoms. The van der Waals surface area contributed by atoms with E-state index in [9.17, 15) is 4.39 Å². The predicted octanol–water partition coefficient (Wildman–Crippen LogP) is 3.86. The van der Waals surface area contributed by atoms with E-state index in [0.29, 0.717) is 5.41 Å². The first-order valence-corrected chi connectivity index (χ1v) is 7.25. The standard InChI is InChI=1S/C16H25FN2/c1-4-16(3)7-9-19(10-8-16)15-6-5-13(17)11-14(15)12(2)18/h5-6,11-12H,4,7-10,18H2,1-3H3. The van der Waals surface area contributed by atoms with E-state index in [0.717, 1.165) is 24.3 Å². The van der Waals surface area contributed by atoms with Crippen LogP contribution in [0.4, 0.5) is 10.1 Å². The van der Waals surface area contributed by atoms with E-state index in [1.54, 1.807) is 6.07 Å². The minimum absolute atomic E-state index is 0.134. The Labute approximate surface area is 115 Å². The van der Waals surface area contributed by atoms with Crippen LogP contribution in [0.1, 0.15) is 51.6 Å². The van der Waals surface area contributed by atoms with Crippen LogP contribution in [0.15, 0.2) is 18.2 Å². The van der Waals surface area contributed by atoms with Gasteiger partial charge in [-0.2, -0.15) is 0 Å². The largest absolute Gasteiger partial charge is 0.371 e. The molecule has 19 heavy (non-hydrogen) atoms. The molecule has 1 aliphatic rings. The first kappa shape index (κ1) is 14.3. The van der Waals surface area contributed by atoms with Gasteiger partial charge in [-0.15, -0.1) is 0 Å². The van der Waals surface area contributed by atoms with Gasteiger partial charge in [0.05, 0.1) is 0 Å². The minimum atomic E-state index is -0.202. The molecule has 0 amide bonds. The molecule has 0 saturated carbocycles. The lowest BCUT2D eigenvalue weighted by atomic mass is 9.78. The Morgan fingerprint density at radius 3 is 2.53 bits per heavy atom. The van der Waals surface area contributed by atoms with Gasteiger partial charge >= 0.3 is 0 Å². The zero-order valence-corrected chi connectivity index (χ0v) is 12.2. The van der Waals surface area contributed by atoms with Crippen molar-refractivity contribution in [1.29, 1.82) is 0 Å². The second-order valence-electron chi connectivity index (χ2n) is 6.14. The first-order valence-electron chi connectivity index (χ1n) is 7.25. The van der Waals surface area contributed by atoms with E-state index < -0.39 is 0 Å². The van der Waals surface area contributed by atoms with Gasteiger partial charge in [-0.25, -0.2) is 4.39 Å². The van der Waals surface area contributed by atoms with Crippen LogP contribution < -0.4 is 10.6 Å². The predicted molar refractivity (Wildman–Crippen MR) is 78.8 cm³/mol. The second-order valence-corrected chi connectivity index (χ2v) is 6.14. The molecule has 0 spiro atoms. The van der Waals surface area contributed by atoms with Crippen LogP contribution in [0, 0.1) is 11.2 Å². The molecule has 2 rings (SSSR count). The van der Waals surface area contributed by atoms with E-state index in [4.69, 9.17) is 5.73 Å². The summed E-state index contributed by atoms with van der Waals surface area (Å²) in [5, 5.41) is 0. The molecule has 0 aromatic heterocycles. The van der Waals surface area contributed by atoms with Crippen molar-refractivity contribution in [2.24, 2.45) is 11.1 Å². The fraction of sp³-hybridized carbons (Fsp3) is 0.625. The second kappa shape index (κ2) is 5.49. The van der Waals surface area contributed by atoms with Crippen LogP contribution in [0.2, 0.25) is 0 Å². The maximum absolute atomic E-state index is 13.4. The molecular weight excluding hydrogens is 239 g/mol. The number of hydrogen-bond acceptors (Lipinski definition) is 2. The quantitative estimate of drug-likeness (QED) is 0.898. The van der Waals surface area contributed by atoms with Crippen molar-refractivity contribution in [3.8, 4) is 0 Å². The maximum atomic E-state index is 13.4. The normalized spacial score (nSPS) is 20.4. The molecule has 1 unspecified atom stereocenters. The number of benzene rings is 1. The highest BCUT2D eigenvalue weighted by atomic mass is 19.1. The summed E-state index contributed by atoms with van der Waals surface area (Å²) in [5.41, 5.74) is 8.46. The molecule has 1 aliphatic heterocycles. The molecule has 1 aromatic carbocycles. The number of rotatable bonds is 3. The summed E-state index contributed by atoms with van der Waals surface area (Å²) in [6, 6.07) is 4.86. The molecular formula is C16H25FN2. The first-order chi connectivity index (χ1) is 8.95. The summed E-state index contributed by atoms with van der Waals surface area (Å²) in [6.45, 7) is 8.62. The third-order valence-electron chi connectivity index (χ3n) is 4.64. The number of nitrogens with two attached hydrogens (primary N) is 1. The van der Waals surface area contributed by atoms with Crippen molar-refractivity contribution < 1.29 is 4.39 Å². The lowest BCUT2D eigenvalue weighted by molar-refractivity contribution is 0.238. The molecule has 2 N–H and O–H groups in total. The summed E-state index contributed by atoms with van der Waals surface area (Å²) in [7, 11) is 0. The third-order valence-corrected chi connectivity index (χ3v) is 4.64. The Morgan fingerprint density at radius 2 is 2.00 bits per heavy atom. The van der Waals surface area contributed by atoms with Crippen LogP contribution >= 0.6 is 0 Å². The number of hydrogen-bond donors (Lipinski definition) is 1. The smallest absolute Gasteiger partial charge is 0.123 e. The molecule has 1 aromatic rings. The average molecular weight is 264 g/mol. The van der Waals surface area contributed by atoms with Gasteiger partial charge in [-0.1, -0.05) is 20.3 Å². The molecule has 0 bridgehead atoms. The molecule has 1 atom stereocenters. The van der Waals surface area contributed by atoms with Crippen molar-refractivity contribution in [1.82, 2.24) is 0 Å².